The summed E-state index contributed by atoms with van der Waals surface area (Å²) in [6, 6.07) is 53.9. The van der Waals surface area contributed by atoms with Crippen molar-refractivity contribution in [1.29, 1.82) is 0 Å². The first-order chi connectivity index (χ1) is 39.4. The van der Waals surface area contributed by atoms with Crippen molar-refractivity contribution in [2.75, 3.05) is 9.80 Å². The second kappa shape index (κ2) is 19.9. The van der Waals surface area contributed by atoms with Gasteiger partial charge in [0.25, 0.3) is 0 Å². The molecule has 12 rings (SSSR count). The van der Waals surface area contributed by atoms with Crippen LogP contribution >= 0.6 is 0 Å². The molecular formula is C74H73N4O2Pt-3. The van der Waals surface area contributed by atoms with Crippen molar-refractivity contribution >= 4 is 66.5 Å². The molecule has 0 fully saturated rings. The molecule has 3 aromatic heterocycles. The van der Waals surface area contributed by atoms with Crippen LogP contribution in [0.2, 0.25) is 0 Å². The second-order valence-electron chi connectivity index (χ2n) is 26.9. The first-order valence-corrected chi connectivity index (χ1v) is 27.9. The molecule has 7 heteroatoms. The van der Waals surface area contributed by atoms with Crippen molar-refractivity contribution in [3.05, 3.63) is 210 Å². The van der Waals surface area contributed by atoms with Gasteiger partial charge in [-0.25, -0.2) is 4.98 Å². The Kier molecular flexibility index (Phi) is 12.4. The maximum atomic E-state index is 8.88. The van der Waals surface area contributed by atoms with Gasteiger partial charge in [-0.3, -0.25) is 0 Å². The number of aromatic nitrogens is 2. The molecule has 0 spiro atoms. The van der Waals surface area contributed by atoms with Crippen LogP contribution in [0.4, 0.5) is 22.7 Å². The summed E-state index contributed by atoms with van der Waals surface area (Å²) in [5.41, 5.74) is 16.2. The van der Waals surface area contributed by atoms with Crippen LogP contribution in [-0.2, 0) is 48.1 Å². The van der Waals surface area contributed by atoms with Gasteiger partial charge >= 0.3 is 0 Å². The van der Waals surface area contributed by atoms with Gasteiger partial charge in [-0.05, 0) is 114 Å². The van der Waals surface area contributed by atoms with Crippen LogP contribution in [0.3, 0.4) is 0 Å². The molecular weight excluding hydrogens is 1170 g/mol. The van der Waals surface area contributed by atoms with Crippen LogP contribution in [0.25, 0.3) is 71.8 Å². The monoisotopic (exact) mass is 1250 g/mol. The van der Waals surface area contributed by atoms with E-state index in [9.17, 15) is 0 Å². The second-order valence-corrected chi connectivity index (χ2v) is 26.9. The van der Waals surface area contributed by atoms with Gasteiger partial charge in [0.1, 0.15) is 17.0 Å². The number of para-hydroxylation sites is 4. The third-order valence-electron chi connectivity index (χ3n) is 15.8. The van der Waals surface area contributed by atoms with Crippen molar-refractivity contribution < 1.29 is 35.7 Å². The number of anilines is 4. The molecule has 8 aromatic carbocycles. The molecule has 0 saturated carbocycles. The van der Waals surface area contributed by atoms with E-state index >= 15 is 0 Å². The fourth-order valence-corrected chi connectivity index (χ4v) is 11.1. The molecule has 0 bridgehead atoms. The van der Waals surface area contributed by atoms with Crippen LogP contribution < -0.4 is 14.5 Å². The number of hydrogen-bond acceptors (Lipinski definition) is 5. The molecule has 0 atom stereocenters. The van der Waals surface area contributed by atoms with Crippen molar-refractivity contribution in [3.8, 4) is 39.6 Å². The Labute approximate surface area is 499 Å². The summed E-state index contributed by atoms with van der Waals surface area (Å²) in [5, 5.41) is 2.47. The van der Waals surface area contributed by atoms with Gasteiger partial charge in [-0.1, -0.05) is 200 Å². The third kappa shape index (κ3) is 10.2. The van der Waals surface area contributed by atoms with Gasteiger partial charge in [0, 0.05) is 83.2 Å². The molecule has 1 aliphatic rings. The average molecular weight is 1250 g/mol. The van der Waals surface area contributed by atoms with Crippen LogP contribution in [0, 0.1) is 18.8 Å². The maximum absolute atomic E-state index is 8.88. The number of pyridine rings is 1. The van der Waals surface area contributed by atoms with Crippen molar-refractivity contribution in [1.82, 2.24) is 9.55 Å². The van der Waals surface area contributed by atoms with Gasteiger partial charge in [-0.15, -0.1) is 42.7 Å². The molecule has 0 saturated heterocycles. The summed E-state index contributed by atoms with van der Waals surface area (Å²) < 4.78 is 50.0. The Morgan fingerprint density at radius 1 is 0.519 bits per heavy atom. The van der Waals surface area contributed by atoms with Gasteiger partial charge in [0.2, 0.25) is 0 Å². The van der Waals surface area contributed by atoms with Crippen LogP contribution in [0.15, 0.2) is 168 Å². The van der Waals surface area contributed by atoms with Crippen molar-refractivity contribution in [2.45, 2.75) is 131 Å². The fraction of sp³-hybridized carbons (Fsp3) is 0.270. The Morgan fingerprint density at radius 2 is 1.06 bits per heavy atom. The molecule has 6 nitrogen and oxygen atoms in total. The minimum Gasteiger partial charge on any atom is -0.509 e. The number of furan rings is 1. The normalized spacial score (nSPS) is 14.1. The van der Waals surface area contributed by atoms with E-state index in [1.807, 2.05) is 48.7 Å². The van der Waals surface area contributed by atoms with E-state index in [-0.39, 0.29) is 77.9 Å². The molecule has 0 amide bonds. The molecule has 414 valence electrons. The Balaban J connectivity index is 0.00000752. The topological polar surface area (TPSA) is 46.7 Å². The largest absolute Gasteiger partial charge is 0.509 e. The van der Waals surface area contributed by atoms with Crippen LogP contribution in [0.1, 0.15) is 137 Å². The van der Waals surface area contributed by atoms with E-state index in [0.717, 1.165) is 55.7 Å². The number of nitrogens with zero attached hydrogens (tertiary/aromatic N) is 4. The van der Waals surface area contributed by atoms with E-state index in [1.165, 1.54) is 33.4 Å². The SMILES string of the molecule is [2H]c1c([2H])c([2H])c2c(oc3c2ccc2c3c3ccc(Oc4[c-]c(N5[CH-]N(c6c(-c7cc(C(C)(C)C)cc(C(C)(C)C)c7)cccc6-c6cc(C(C)(C)C)cc(C(C)(C)C)c6)c6ccccc65)ccc4)[c-]c3n2-c2cc(C(C)(C)C)ccn2)c1[2H].[Pt]. The summed E-state index contributed by atoms with van der Waals surface area (Å²) >= 11 is 0. The molecule has 0 radical (unpaired) electrons. The van der Waals surface area contributed by atoms with Gasteiger partial charge in [0.05, 0.1) is 5.48 Å². The minimum atomic E-state index is -0.340. The van der Waals surface area contributed by atoms with Crippen LogP contribution in [0.5, 0.6) is 11.5 Å². The Hall–Kier alpha value is -7.40. The van der Waals surface area contributed by atoms with E-state index in [4.69, 9.17) is 19.6 Å². The number of rotatable bonds is 7. The van der Waals surface area contributed by atoms with Crippen molar-refractivity contribution in [2.24, 2.45) is 0 Å². The Bertz CT molecular complexity index is 4320. The predicted octanol–water partition coefficient (Wildman–Crippen LogP) is 20.7. The molecule has 0 aliphatic carbocycles. The minimum absolute atomic E-state index is 0. The number of ether oxygens (including phenoxy) is 1. The summed E-state index contributed by atoms with van der Waals surface area (Å²) in [6.07, 6.45) is 1.83. The maximum Gasteiger partial charge on any atom is 0.135 e. The summed E-state index contributed by atoms with van der Waals surface area (Å²) in [5.74, 6) is 1.63. The molecule has 0 unspecified atom stereocenters. The average Bonchev–Trinajstić information content (AvgIpc) is 1.72. The zero-order valence-electron chi connectivity index (χ0n) is 53.3. The zero-order chi connectivity index (χ0) is 59.9. The van der Waals surface area contributed by atoms with Gasteiger partial charge in [-0.2, -0.15) is 12.1 Å². The van der Waals surface area contributed by atoms with E-state index < -0.39 is 0 Å². The van der Waals surface area contributed by atoms with Crippen molar-refractivity contribution in [3.63, 3.8) is 0 Å². The van der Waals surface area contributed by atoms with Gasteiger partial charge < -0.3 is 23.5 Å². The zero-order valence-corrected chi connectivity index (χ0v) is 51.6. The smallest absolute Gasteiger partial charge is 0.135 e. The number of hydrogen-bond donors (Lipinski definition) is 0. The first-order valence-electron chi connectivity index (χ1n) is 29.9. The molecule has 1 aliphatic heterocycles. The van der Waals surface area contributed by atoms with Crippen LogP contribution in [-0.4, -0.2) is 9.55 Å². The van der Waals surface area contributed by atoms with Gasteiger partial charge in [0.15, 0.2) is 0 Å². The predicted molar refractivity (Wildman–Crippen MR) is 336 cm³/mol. The molecule has 4 heterocycles. The first kappa shape index (κ1) is 50.6. The summed E-state index contributed by atoms with van der Waals surface area (Å²) in [7, 11) is 0. The molecule has 0 N–H and O–H groups in total. The molecule has 81 heavy (non-hydrogen) atoms. The van der Waals surface area contributed by atoms with E-state index in [0.29, 0.717) is 39.2 Å². The number of benzene rings is 8. The Morgan fingerprint density at radius 3 is 1.65 bits per heavy atom. The summed E-state index contributed by atoms with van der Waals surface area (Å²) in [6.45, 7) is 36.3. The molecule has 11 aromatic rings. The standard InChI is InChI=1S/C74H73N4O2.Pt/c1-70(2,3)48-34-35-75-66(42-48)78-63-33-32-59-58-24-16-19-29-65(58)80-69(59)67(63)60-31-30-55(44-64(60)78)79-54-23-20-22-53(43-54)76-45-77(62-28-18-17-27-61(62)76)68-56(46-36-49(71(4,5)6)40-50(37-46)72(7,8)9)25-21-26-57(68)47-38-51(73(10,11)12)41-52(39-47)74(13,14)15;/h16-42,45H,1-15H3;/q-3;/i16D,19D,24D,29D;. The van der Waals surface area contributed by atoms with E-state index in [2.05, 4.69) is 228 Å². The summed E-state index contributed by atoms with van der Waals surface area (Å²) in [4.78, 5) is 9.50. The number of fused-ring (bicyclic) bond motifs is 8. The van der Waals surface area contributed by atoms with E-state index in [1.54, 1.807) is 0 Å². The fourth-order valence-electron chi connectivity index (χ4n) is 11.1. The third-order valence-corrected chi connectivity index (χ3v) is 15.8. The quantitative estimate of drug-likeness (QED) is 0.149.